The molecule has 0 aliphatic carbocycles. The first-order valence-electron chi connectivity index (χ1n) is 5.71. The standard InChI is InChI=1S/C12H13ClN2O3S/c13-8-1-3-9(4-2-8)14-12(18)15-5-6-19-7-10(15)11(16)17/h1-4,10H,5-7H2,(H,14,18)(H,16,17). The second-order valence-corrected chi connectivity index (χ2v) is 5.65. The van der Waals surface area contributed by atoms with E-state index in [0.29, 0.717) is 23.0 Å². The Hall–Kier alpha value is -1.40. The van der Waals surface area contributed by atoms with Crippen LogP contribution in [0.15, 0.2) is 24.3 Å². The Bertz CT molecular complexity index is 480. The Kier molecular flexibility index (Phi) is 4.55. The summed E-state index contributed by atoms with van der Waals surface area (Å²) in [5.41, 5.74) is 0.594. The molecule has 1 aliphatic heterocycles. The molecule has 1 heterocycles. The maximum absolute atomic E-state index is 12.1. The third-order valence-corrected chi connectivity index (χ3v) is 4.04. The molecular weight excluding hydrogens is 288 g/mol. The molecule has 102 valence electrons. The lowest BCUT2D eigenvalue weighted by Crippen LogP contribution is -2.51. The number of halogens is 1. The Morgan fingerprint density at radius 2 is 2.05 bits per heavy atom. The van der Waals surface area contributed by atoms with Gasteiger partial charge in [-0.1, -0.05) is 11.6 Å². The van der Waals surface area contributed by atoms with Gasteiger partial charge in [0.25, 0.3) is 0 Å². The monoisotopic (exact) mass is 300 g/mol. The molecule has 0 saturated carbocycles. The molecule has 2 N–H and O–H groups in total. The molecule has 1 saturated heterocycles. The van der Waals surface area contributed by atoms with E-state index in [-0.39, 0.29) is 0 Å². The first-order valence-corrected chi connectivity index (χ1v) is 7.25. The summed E-state index contributed by atoms with van der Waals surface area (Å²) in [6.45, 7) is 0.432. The molecule has 1 unspecified atom stereocenters. The van der Waals surface area contributed by atoms with E-state index in [1.807, 2.05) is 0 Å². The fraction of sp³-hybridized carbons (Fsp3) is 0.333. The van der Waals surface area contributed by atoms with Gasteiger partial charge in [-0.15, -0.1) is 0 Å². The van der Waals surface area contributed by atoms with Crippen molar-refractivity contribution in [2.75, 3.05) is 23.4 Å². The predicted molar refractivity (Wildman–Crippen MR) is 75.9 cm³/mol. The number of nitrogens with one attached hydrogen (secondary N) is 1. The van der Waals surface area contributed by atoms with Crippen LogP contribution in [0.25, 0.3) is 0 Å². The molecule has 0 radical (unpaired) electrons. The van der Waals surface area contributed by atoms with E-state index in [1.165, 1.54) is 4.90 Å². The van der Waals surface area contributed by atoms with Crippen molar-refractivity contribution in [3.63, 3.8) is 0 Å². The zero-order chi connectivity index (χ0) is 13.8. The van der Waals surface area contributed by atoms with E-state index >= 15 is 0 Å². The second kappa shape index (κ2) is 6.16. The lowest BCUT2D eigenvalue weighted by Gasteiger charge is -2.32. The number of hydrogen-bond acceptors (Lipinski definition) is 3. The fourth-order valence-corrected chi connectivity index (χ4v) is 2.94. The number of urea groups is 1. The highest BCUT2D eigenvalue weighted by atomic mass is 35.5. The third kappa shape index (κ3) is 3.54. The van der Waals surface area contributed by atoms with Crippen LogP contribution in [-0.4, -0.2) is 46.1 Å². The van der Waals surface area contributed by atoms with Gasteiger partial charge in [-0.3, -0.25) is 0 Å². The van der Waals surface area contributed by atoms with Gasteiger partial charge in [0, 0.05) is 28.8 Å². The molecule has 7 heteroatoms. The number of rotatable bonds is 2. The van der Waals surface area contributed by atoms with Gasteiger partial charge in [-0.05, 0) is 24.3 Å². The van der Waals surface area contributed by atoms with Crippen molar-refractivity contribution < 1.29 is 14.7 Å². The number of carbonyl (C=O) groups is 2. The average molecular weight is 301 g/mol. The first-order chi connectivity index (χ1) is 9.08. The van der Waals surface area contributed by atoms with Gasteiger partial charge >= 0.3 is 12.0 Å². The van der Waals surface area contributed by atoms with Crippen LogP contribution in [0.4, 0.5) is 10.5 Å². The summed E-state index contributed by atoms with van der Waals surface area (Å²) in [4.78, 5) is 24.5. The Balaban J connectivity index is 2.05. The quantitative estimate of drug-likeness (QED) is 0.880. The van der Waals surface area contributed by atoms with Crippen molar-refractivity contribution in [2.24, 2.45) is 0 Å². The summed E-state index contributed by atoms with van der Waals surface area (Å²) < 4.78 is 0. The van der Waals surface area contributed by atoms with Crippen molar-refractivity contribution in [3.8, 4) is 0 Å². The van der Waals surface area contributed by atoms with Crippen LogP contribution in [0.3, 0.4) is 0 Å². The van der Waals surface area contributed by atoms with Gasteiger partial charge < -0.3 is 15.3 Å². The van der Waals surface area contributed by atoms with E-state index in [0.717, 1.165) is 5.75 Å². The molecule has 0 spiro atoms. The molecule has 1 fully saturated rings. The normalized spacial score (nSPS) is 19.0. The number of amides is 2. The third-order valence-electron chi connectivity index (χ3n) is 2.77. The van der Waals surface area contributed by atoms with Crippen LogP contribution in [0.1, 0.15) is 0 Å². The first kappa shape index (κ1) is 14.0. The van der Waals surface area contributed by atoms with E-state index < -0.39 is 18.0 Å². The molecule has 1 aromatic rings. The van der Waals surface area contributed by atoms with Crippen molar-refractivity contribution in [1.82, 2.24) is 4.90 Å². The maximum Gasteiger partial charge on any atom is 0.327 e. The van der Waals surface area contributed by atoms with Gasteiger partial charge in [-0.25, -0.2) is 9.59 Å². The topological polar surface area (TPSA) is 69.6 Å². The minimum absolute atomic E-state index is 0.393. The van der Waals surface area contributed by atoms with E-state index in [4.69, 9.17) is 16.7 Å². The largest absolute Gasteiger partial charge is 0.480 e. The SMILES string of the molecule is O=C(O)C1CSCCN1C(=O)Nc1ccc(Cl)cc1. The Labute approximate surface area is 119 Å². The zero-order valence-electron chi connectivity index (χ0n) is 10.0. The number of anilines is 1. The number of thioether (sulfide) groups is 1. The summed E-state index contributed by atoms with van der Waals surface area (Å²) in [7, 11) is 0. The maximum atomic E-state index is 12.1. The molecule has 1 atom stereocenters. The summed E-state index contributed by atoms with van der Waals surface area (Å²) in [5, 5.41) is 12.4. The molecule has 19 heavy (non-hydrogen) atoms. The summed E-state index contributed by atoms with van der Waals surface area (Å²) >= 11 is 7.30. The van der Waals surface area contributed by atoms with Crippen LogP contribution in [0.2, 0.25) is 5.02 Å². The average Bonchev–Trinajstić information content (AvgIpc) is 2.41. The van der Waals surface area contributed by atoms with Gasteiger partial charge in [0.05, 0.1) is 0 Å². The number of aliphatic carboxylic acids is 1. The van der Waals surface area contributed by atoms with Crippen molar-refractivity contribution in [1.29, 1.82) is 0 Å². The summed E-state index contributed by atoms with van der Waals surface area (Å²) in [5.74, 6) is 0.194. The van der Waals surface area contributed by atoms with Gasteiger partial charge in [0.2, 0.25) is 0 Å². The Morgan fingerprint density at radius 1 is 1.37 bits per heavy atom. The second-order valence-electron chi connectivity index (χ2n) is 4.06. The van der Waals surface area contributed by atoms with Crippen LogP contribution >= 0.6 is 23.4 Å². The van der Waals surface area contributed by atoms with Gasteiger partial charge in [0.15, 0.2) is 0 Å². The molecular formula is C12H13ClN2O3S. The summed E-state index contributed by atoms with van der Waals surface area (Å²) in [6.07, 6.45) is 0. The Morgan fingerprint density at radius 3 is 2.68 bits per heavy atom. The minimum Gasteiger partial charge on any atom is -0.480 e. The number of carbonyl (C=O) groups excluding carboxylic acids is 1. The van der Waals surface area contributed by atoms with E-state index in [9.17, 15) is 9.59 Å². The van der Waals surface area contributed by atoms with Gasteiger partial charge in [0.1, 0.15) is 6.04 Å². The predicted octanol–water partition coefficient (Wildman–Crippen LogP) is 2.37. The van der Waals surface area contributed by atoms with Crippen molar-refractivity contribution in [2.45, 2.75) is 6.04 Å². The van der Waals surface area contributed by atoms with Crippen molar-refractivity contribution >= 4 is 41.1 Å². The zero-order valence-corrected chi connectivity index (χ0v) is 11.6. The number of benzene rings is 1. The molecule has 5 nitrogen and oxygen atoms in total. The number of carboxylic acid groups (broad SMARTS) is 1. The number of nitrogens with zero attached hydrogens (tertiary/aromatic N) is 1. The van der Waals surface area contributed by atoms with Crippen LogP contribution in [-0.2, 0) is 4.79 Å². The van der Waals surface area contributed by atoms with Gasteiger partial charge in [-0.2, -0.15) is 11.8 Å². The minimum atomic E-state index is -0.974. The smallest absolute Gasteiger partial charge is 0.327 e. The number of hydrogen-bond donors (Lipinski definition) is 2. The van der Waals surface area contributed by atoms with E-state index in [1.54, 1.807) is 36.0 Å². The highest BCUT2D eigenvalue weighted by Gasteiger charge is 2.32. The lowest BCUT2D eigenvalue weighted by molar-refractivity contribution is -0.141. The molecule has 0 aromatic heterocycles. The highest BCUT2D eigenvalue weighted by Crippen LogP contribution is 2.19. The van der Waals surface area contributed by atoms with Crippen molar-refractivity contribution in [3.05, 3.63) is 29.3 Å². The lowest BCUT2D eigenvalue weighted by atomic mass is 10.3. The molecule has 0 bridgehead atoms. The molecule has 1 aliphatic rings. The molecule has 2 amide bonds. The van der Waals surface area contributed by atoms with Crippen LogP contribution in [0.5, 0.6) is 0 Å². The fourth-order valence-electron chi connectivity index (χ4n) is 1.78. The highest BCUT2D eigenvalue weighted by molar-refractivity contribution is 7.99. The van der Waals surface area contributed by atoms with Crippen LogP contribution < -0.4 is 5.32 Å². The van der Waals surface area contributed by atoms with Crippen LogP contribution in [0, 0.1) is 0 Å². The number of carboxylic acids is 1. The summed E-state index contributed by atoms with van der Waals surface area (Å²) in [6, 6.07) is 5.51. The van der Waals surface area contributed by atoms with E-state index in [2.05, 4.69) is 5.32 Å². The molecule has 2 rings (SSSR count). The molecule has 1 aromatic carbocycles.